The van der Waals surface area contributed by atoms with Gasteiger partial charge in [-0.3, -0.25) is 0 Å². The van der Waals surface area contributed by atoms with Gasteiger partial charge in [0, 0.05) is 23.8 Å². The van der Waals surface area contributed by atoms with Gasteiger partial charge in [-0.2, -0.15) is 0 Å². The number of hydrogen-bond acceptors (Lipinski definition) is 4. The molecule has 2 N–H and O–H groups in total. The molecule has 2 heterocycles. The summed E-state index contributed by atoms with van der Waals surface area (Å²) < 4.78 is 25.7. The molecular formula is C15H23N3O2S. The van der Waals surface area contributed by atoms with E-state index in [9.17, 15) is 8.42 Å². The molecule has 0 spiro atoms. The van der Waals surface area contributed by atoms with E-state index < -0.39 is 10.0 Å². The summed E-state index contributed by atoms with van der Waals surface area (Å²) in [5.41, 5.74) is 0.999. The third-order valence-electron chi connectivity index (χ3n) is 4.90. The second-order valence-corrected chi connectivity index (χ2v) is 7.98. The number of sulfonamides is 1. The lowest BCUT2D eigenvalue weighted by molar-refractivity contribution is 0.169. The van der Waals surface area contributed by atoms with Crippen molar-refractivity contribution in [1.82, 2.24) is 9.62 Å². The molecule has 0 aromatic heterocycles. The second-order valence-electron chi connectivity index (χ2n) is 6.10. The Hall–Kier alpha value is -1.11. The predicted molar refractivity (Wildman–Crippen MR) is 83.9 cm³/mol. The molecule has 2 unspecified atom stereocenters. The average molecular weight is 309 g/mol. The molecule has 0 amide bonds. The van der Waals surface area contributed by atoms with E-state index in [0.29, 0.717) is 23.0 Å². The molecule has 2 aliphatic heterocycles. The van der Waals surface area contributed by atoms with E-state index in [1.165, 1.54) is 32.7 Å². The van der Waals surface area contributed by atoms with Crippen molar-refractivity contribution >= 4 is 15.7 Å². The maximum atomic E-state index is 11.7. The van der Waals surface area contributed by atoms with Crippen molar-refractivity contribution in [2.45, 2.75) is 48.7 Å². The first-order chi connectivity index (χ1) is 9.99. The van der Waals surface area contributed by atoms with Gasteiger partial charge < -0.3 is 10.2 Å². The number of hydrogen-bond donors (Lipinski definition) is 2. The number of nitrogens with zero attached hydrogens (tertiary/aromatic N) is 1. The van der Waals surface area contributed by atoms with Gasteiger partial charge in [0.15, 0.2) is 0 Å². The highest BCUT2D eigenvalue weighted by Gasteiger charge is 2.38. The van der Waals surface area contributed by atoms with E-state index in [4.69, 9.17) is 0 Å². The molecule has 21 heavy (non-hydrogen) atoms. The highest BCUT2D eigenvalue weighted by Crippen LogP contribution is 2.35. The van der Waals surface area contributed by atoms with Crippen LogP contribution in [0, 0.1) is 0 Å². The largest absolute Gasteiger partial charge is 0.382 e. The van der Waals surface area contributed by atoms with Crippen molar-refractivity contribution in [2.75, 3.05) is 19.4 Å². The van der Waals surface area contributed by atoms with Crippen LogP contribution in [0.2, 0.25) is 0 Å². The molecule has 116 valence electrons. The maximum Gasteiger partial charge on any atom is 0.240 e. The fraction of sp³-hybridized carbons (Fsp3) is 0.600. The first-order valence-corrected chi connectivity index (χ1v) is 9.00. The molecule has 0 saturated carbocycles. The molecule has 6 heteroatoms. The Morgan fingerprint density at radius 2 is 1.67 bits per heavy atom. The molecule has 2 fully saturated rings. The van der Waals surface area contributed by atoms with Crippen LogP contribution < -0.4 is 10.0 Å². The van der Waals surface area contributed by atoms with Gasteiger partial charge in [-0.25, -0.2) is 13.1 Å². The number of anilines is 1. The minimum Gasteiger partial charge on any atom is -0.382 e. The van der Waals surface area contributed by atoms with E-state index >= 15 is 0 Å². The van der Waals surface area contributed by atoms with Gasteiger partial charge in [-0.15, -0.1) is 0 Å². The first kappa shape index (κ1) is 14.8. The Bertz CT molecular complexity index is 586. The predicted octanol–water partition coefficient (Wildman–Crippen LogP) is 1.63. The van der Waals surface area contributed by atoms with Crippen LogP contribution in [-0.2, 0) is 10.0 Å². The number of rotatable bonds is 4. The van der Waals surface area contributed by atoms with Gasteiger partial charge in [0.25, 0.3) is 0 Å². The van der Waals surface area contributed by atoms with E-state index in [1.807, 2.05) is 12.1 Å². The summed E-state index contributed by atoms with van der Waals surface area (Å²) in [7, 11) is 0.311. The zero-order valence-corrected chi connectivity index (χ0v) is 13.4. The number of fused-ring (bicyclic) bond motifs is 2. The van der Waals surface area contributed by atoms with Crippen LogP contribution >= 0.6 is 0 Å². The van der Waals surface area contributed by atoms with Crippen LogP contribution in [0.25, 0.3) is 0 Å². The molecule has 2 saturated heterocycles. The van der Waals surface area contributed by atoms with Crippen LogP contribution in [0.5, 0.6) is 0 Å². The number of nitrogens with one attached hydrogen (secondary N) is 2. The Labute approximate surface area is 126 Å². The molecular weight excluding hydrogens is 286 g/mol. The quantitative estimate of drug-likeness (QED) is 0.887. The lowest BCUT2D eigenvalue weighted by Gasteiger charge is -2.37. The van der Waals surface area contributed by atoms with Crippen molar-refractivity contribution in [1.29, 1.82) is 0 Å². The Morgan fingerprint density at radius 3 is 2.19 bits per heavy atom. The molecule has 1 aromatic carbocycles. The number of benzene rings is 1. The average Bonchev–Trinajstić information content (AvgIpc) is 2.70. The monoisotopic (exact) mass is 309 g/mol. The van der Waals surface area contributed by atoms with Gasteiger partial charge in [0.1, 0.15) is 0 Å². The van der Waals surface area contributed by atoms with Crippen molar-refractivity contribution in [2.24, 2.45) is 0 Å². The molecule has 5 nitrogen and oxygen atoms in total. The van der Waals surface area contributed by atoms with E-state index in [0.717, 1.165) is 5.69 Å². The molecule has 0 aliphatic carbocycles. The Morgan fingerprint density at radius 1 is 1.10 bits per heavy atom. The summed E-state index contributed by atoms with van der Waals surface area (Å²) in [5, 5.41) is 3.56. The maximum absolute atomic E-state index is 11.7. The van der Waals surface area contributed by atoms with Crippen LogP contribution in [0.3, 0.4) is 0 Å². The summed E-state index contributed by atoms with van der Waals surface area (Å²) in [4.78, 5) is 2.82. The van der Waals surface area contributed by atoms with E-state index in [2.05, 4.69) is 22.0 Å². The number of piperidine rings is 1. The fourth-order valence-corrected chi connectivity index (χ4v) is 4.34. The molecule has 2 atom stereocenters. The minimum atomic E-state index is -3.35. The summed E-state index contributed by atoms with van der Waals surface area (Å²) in [5.74, 6) is 0. The minimum absolute atomic E-state index is 0.305. The van der Waals surface area contributed by atoms with Crippen molar-refractivity contribution < 1.29 is 8.42 Å². The summed E-state index contributed by atoms with van der Waals surface area (Å²) in [6.45, 7) is 0. The first-order valence-electron chi connectivity index (χ1n) is 7.51. The van der Waals surface area contributed by atoms with Gasteiger partial charge in [-0.1, -0.05) is 0 Å². The Kier molecular flexibility index (Phi) is 3.94. The van der Waals surface area contributed by atoms with Gasteiger partial charge in [0.05, 0.1) is 4.90 Å². The van der Waals surface area contributed by atoms with Crippen LogP contribution in [0.1, 0.15) is 25.7 Å². The standard InChI is InChI=1S/C15H23N3O2S/c1-16-21(19,20)15-7-3-11(4-8-15)17-12-9-13-5-6-14(10-12)18(13)2/h3-4,7-8,12-14,16-17H,5-6,9-10H2,1-2H3. The van der Waals surface area contributed by atoms with Crippen LogP contribution in [-0.4, -0.2) is 45.5 Å². The zero-order chi connectivity index (χ0) is 15.0. The van der Waals surface area contributed by atoms with Gasteiger partial charge in [-0.05, 0) is 64.0 Å². The molecule has 1 aromatic rings. The lowest BCUT2D eigenvalue weighted by Crippen LogP contribution is -2.44. The third kappa shape index (κ3) is 2.93. The van der Waals surface area contributed by atoms with Gasteiger partial charge >= 0.3 is 0 Å². The highest BCUT2D eigenvalue weighted by molar-refractivity contribution is 7.89. The SMILES string of the molecule is CNS(=O)(=O)c1ccc(NC2CC3CCC(C2)N3C)cc1. The van der Waals surface area contributed by atoms with E-state index in [-0.39, 0.29) is 0 Å². The lowest BCUT2D eigenvalue weighted by atomic mass is 9.98. The Balaban J connectivity index is 1.67. The summed E-state index contributed by atoms with van der Waals surface area (Å²) in [6.07, 6.45) is 4.95. The summed E-state index contributed by atoms with van der Waals surface area (Å²) in [6, 6.07) is 8.89. The molecule has 2 bridgehead atoms. The van der Waals surface area contributed by atoms with Crippen molar-refractivity contribution in [3.63, 3.8) is 0 Å². The van der Waals surface area contributed by atoms with Crippen molar-refractivity contribution in [3.05, 3.63) is 24.3 Å². The smallest absolute Gasteiger partial charge is 0.240 e. The second kappa shape index (κ2) is 5.59. The molecule has 3 rings (SSSR count). The molecule has 0 radical (unpaired) electrons. The third-order valence-corrected chi connectivity index (χ3v) is 6.33. The van der Waals surface area contributed by atoms with Crippen molar-refractivity contribution in [3.8, 4) is 0 Å². The normalized spacial score (nSPS) is 29.5. The molecule has 2 aliphatic rings. The van der Waals surface area contributed by atoms with Crippen LogP contribution in [0.15, 0.2) is 29.2 Å². The van der Waals surface area contributed by atoms with Crippen LogP contribution in [0.4, 0.5) is 5.69 Å². The highest BCUT2D eigenvalue weighted by atomic mass is 32.2. The summed E-state index contributed by atoms with van der Waals surface area (Å²) >= 11 is 0. The van der Waals surface area contributed by atoms with E-state index in [1.54, 1.807) is 12.1 Å². The van der Waals surface area contributed by atoms with Gasteiger partial charge in [0.2, 0.25) is 10.0 Å². The zero-order valence-electron chi connectivity index (χ0n) is 12.5. The fourth-order valence-electron chi connectivity index (χ4n) is 3.61. The topological polar surface area (TPSA) is 61.4 Å².